The molecule has 0 saturated carbocycles. The summed E-state index contributed by atoms with van der Waals surface area (Å²) >= 11 is 0. The minimum absolute atomic E-state index is 0.0657. The van der Waals surface area contributed by atoms with Gasteiger partial charge in [-0.2, -0.15) is 0 Å². The fourth-order valence-electron chi connectivity index (χ4n) is 6.93. The summed E-state index contributed by atoms with van der Waals surface area (Å²) in [7, 11) is 0. The topological polar surface area (TPSA) is 58.9 Å². The summed E-state index contributed by atoms with van der Waals surface area (Å²) in [4.78, 5) is 0. The molecule has 4 nitrogen and oxygen atoms in total. The van der Waals surface area contributed by atoms with Gasteiger partial charge in [0.1, 0.15) is 23.7 Å². The van der Waals surface area contributed by atoms with E-state index in [0.717, 1.165) is 33.8 Å². The molecule has 0 bridgehead atoms. The summed E-state index contributed by atoms with van der Waals surface area (Å²) in [6.45, 7) is 20.9. The van der Waals surface area contributed by atoms with Crippen LogP contribution in [0.2, 0.25) is 0 Å². The first kappa shape index (κ1) is 31.8. The Kier molecular flexibility index (Phi) is 8.98. The lowest BCUT2D eigenvalue weighted by Crippen LogP contribution is -2.33. The highest BCUT2D eigenvalue weighted by Gasteiger charge is 2.38. The molecule has 232 valence electrons. The van der Waals surface area contributed by atoms with Gasteiger partial charge in [-0.3, -0.25) is 0 Å². The highest BCUT2D eigenvalue weighted by atomic mass is 16.5. The molecule has 0 spiro atoms. The van der Waals surface area contributed by atoms with E-state index >= 15 is 0 Å². The predicted octanol–water partition coefficient (Wildman–Crippen LogP) is 9.04. The number of hydrogen-bond donors (Lipinski definition) is 2. The first-order valence-corrected chi connectivity index (χ1v) is 15.8. The van der Waals surface area contributed by atoms with Crippen LogP contribution in [0.3, 0.4) is 0 Å². The molecule has 0 amide bonds. The van der Waals surface area contributed by atoms with Gasteiger partial charge in [0.15, 0.2) is 12.2 Å². The van der Waals surface area contributed by atoms with Crippen LogP contribution in [-0.2, 0) is 0 Å². The van der Waals surface area contributed by atoms with Gasteiger partial charge in [0.25, 0.3) is 0 Å². The van der Waals surface area contributed by atoms with Crippen molar-refractivity contribution >= 4 is 0 Å². The van der Waals surface area contributed by atoms with Crippen LogP contribution < -0.4 is 9.47 Å². The highest BCUT2D eigenvalue weighted by Crippen LogP contribution is 2.45. The van der Waals surface area contributed by atoms with Gasteiger partial charge >= 0.3 is 0 Å². The van der Waals surface area contributed by atoms with Crippen molar-refractivity contribution in [2.45, 2.75) is 105 Å². The molecule has 44 heavy (non-hydrogen) atoms. The Hall–Kier alpha value is -3.60. The van der Waals surface area contributed by atoms with E-state index in [9.17, 15) is 10.2 Å². The van der Waals surface area contributed by atoms with E-state index in [1.165, 1.54) is 44.5 Å². The van der Waals surface area contributed by atoms with Gasteiger partial charge in [-0.25, -0.2) is 0 Å². The van der Waals surface area contributed by atoms with Crippen LogP contribution in [-0.4, -0.2) is 22.4 Å². The second kappa shape index (κ2) is 12.4. The molecule has 6 atom stereocenters. The molecule has 4 aromatic rings. The summed E-state index contributed by atoms with van der Waals surface area (Å²) in [6, 6.07) is 21.1. The number of rotatable bonds is 2. The number of ether oxygens (including phenoxy) is 2. The van der Waals surface area contributed by atoms with Gasteiger partial charge in [0.2, 0.25) is 0 Å². The molecule has 2 aliphatic rings. The van der Waals surface area contributed by atoms with Gasteiger partial charge in [0, 0.05) is 23.0 Å². The van der Waals surface area contributed by atoms with Crippen LogP contribution in [0.5, 0.6) is 11.5 Å². The largest absolute Gasteiger partial charge is 0.483 e. The van der Waals surface area contributed by atoms with Crippen molar-refractivity contribution in [2.75, 3.05) is 0 Å². The number of aliphatic hydroxyl groups is 2. The molecule has 0 aromatic heterocycles. The van der Waals surface area contributed by atoms with E-state index in [-0.39, 0.29) is 24.0 Å². The van der Waals surface area contributed by atoms with Crippen molar-refractivity contribution in [3.63, 3.8) is 0 Å². The molecule has 4 aromatic carbocycles. The minimum Gasteiger partial charge on any atom is -0.483 e. The van der Waals surface area contributed by atoms with E-state index in [2.05, 4.69) is 130 Å². The highest BCUT2D eigenvalue weighted by molar-refractivity contribution is 5.49. The third-order valence-electron chi connectivity index (χ3n) is 9.77. The van der Waals surface area contributed by atoms with Gasteiger partial charge in [-0.1, -0.05) is 62.4 Å². The second-order valence-corrected chi connectivity index (χ2v) is 13.3. The number of fused-ring (bicyclic) bond motifs is 2. The van der Waals surface area contributed by atoms with E-state index in [1.807, 2.05) is 0 Å². The molecule has 2 aliphatic heterocycles. The molecular weight excluding hydrogens is 544 g/mol. The van der Waals surface area contributed by atoms with E-state index in [1.54, 1.807) is 0 Å². The lowest BCUT2D eigenvalue weighted by molar-refractivity contribution is 0.00348. The van der Waals surface area contributed by atoms with Crippen molar-refractivity contribution in [1.29, 1.82) is 0 Å². The Labute approximate surface area is 263 Å². The molecule has 0 fully saturated rings. The summed E-state index contributed by atoms with van der Waals surface area (Å²) in [5, 5.41) is 21.5. The standard InChI is InChI=1S/2C20H24O2/c2*1-11-8-14(4)18-15(5)19(21)20(22-17(18)9-11)16-7-6-12(2)13(3)10-16/h2*6-10,15,19-21H,1-5H3/t15?,19-,20+;15?,19-,20-/m01/s1. The van der Waals surface area contributed by atoms with Gasteiger partial charge in [-0.05, 0) is 123 Å². The van der Waals surface area contributed by atoms with E-state index < -0.39 is 12.2 Å². The third-order valence-corrected chi connectivity index (χ3v) is 9.77. The number of aliphatic hydroxyl groups excluding tert-OH is 2. The van der Waals surface area contributed by atoms with Crippen LogP contribution in [0.25, 0.3) is 0 Å². The zero-order valence-corrected chi connectivity index (χ0v) is 27.9. The van der Waals surface area contributed by atoms with Gasteiger partial charge in [-0.15, -0.1) is 0 Å². The second-order valence-electron chi connectivity index (χ2n) is 13.3. The molecule has 0 saturated heterocycles. The average Bonchev–Trinajstić information content (AvgIpc) is 2.95. The molecule has 2 heterocycles. The molecule has 0 aliphatic carbocycles. The molecular formula is C40H48O4. The number of aryl methyl sites for hydroxylation is 8. The maximum atomic E-state index is 10.8. The van der Waals surface area contributed by atoms with Crippen LogP contribution in [0, 0.1) is 55.4 Å². The summed E-state index contributed by atoms with van der Waals surface area (Å²) in [5.74, 6) is 1.96. The zero-order chi connectivity index (χ0) is 32.0. The van der Waals surface area contributed by atoms with Crippen molar-refractivity contribution in [3.05, 3.63) is 127 Å². The molecule has 2 N–H and O–H groups in total. The molecule has 0 radical (unpaired) electrons. The Bertz CT molecular complexity index is 1560. The Morgan fingerprint density at radius 3 is 1.16 bits per heavy atom. The first-order valence-electron chi connectivity index (χ1n) is 15.8. The van der Waals surface area contributed by atoms with Crippen molar-refractivity contribution in [1.82, 2.24) is 0 Å². The number of hydrogen-bond acceptors (Lipinski definition) is 4. The third kappa shape index (κ3) is 6.03. The van der Waals surface area contributed by atoms with Crippen LogP contribution >= 0.6 is 0 Å². The van der Waals surface area contributed by atoms with Crippen molar-refractivity contribution < 1.29 is 19.7 Å². The van der Waals surface area contributed by atoms with Crippen LogP contribution in [0.4, 0.5) is 0 Å². The molecule has 2 unspecified atom stereocenters. The first-order chi connectivity index (χ1) is 20.8. The van der Waals surface area contributed by atoms with Gasteiger partial charge < -0.3 is 19.7 Å². The maximum Gasteiger partial charge on any atom is 0.150 e. The Morgan fingerprint density at radius 2 is 0.818 bits per heavy atom. The number of benzene rings is 4. The summed E-state index contributed by atoms with van der Waals surface area (Å²) < 4.78 is 12.4. The smallest absolute Gasteiger partial charge is 0.150 e. The van der Waals surface area contributed by atoms with Crippen LogP contribution in [0.1, 0.15) is 105 Å². The fraction of sp³-hybridized carbons (Fsp3) is 0.400. The fourth-order valence-corrected chi connectivity index (χ4v) is 6.93. The van der Waals surface area contributed by atoms with Gasteiger partial charge in [0.05, 0.1) is 0 Å². The van der Waals surface area contributed by atoms with Crippen molar-refractivity contribution in [2.24, 2.45) is 0 Å². The van der Waals surface area contributed by atoms with Crippen LogP contribution in [0.15, 0.2) is 60.7 Å². The molecule has 4 heteroatoms. The Balaban J connectivity index is 0.000000175. The zero-order valence-electron chi connectivity index (χ0n) is 27.9. The van der Waals surface area contributed by atoms with E-state index in [0.29, 0.717) is 0 Å². The monoisotopic (exact) mass is 592 g/mol. The Morgan fingerprint density at radius 1 is 0.455 bits per heavy atom. The quantitative estimate of drug-likeness (QED) is 0.244. The van der Waals surface area contributed by atoms with Crippen molar-refractivity contribution in [3.8, 4) is 11.5 Å². The predicted molar refractivity (Wildman–Crippen MR) is 179 cm³/mol. The minimum atomic E-state index is -0.531. The molecule has 6 rings (SSSR count). The average molecular weight is 593 g/mol. The summed E-state index contributed by atoms with van der Waals surface area (Å²) in [6.07, 6.45) is -1.67. The lowest BCUT2D eigenvalue weighted by atomic mass is 9.83. The van der Waals surface area contributed by atoms with E-state index in [4.69, 9.17) is 9.47 Å². The normalized spacial score (nSPS) is 23.8. The SMILES string of the molecule is Cc1cc(C)c2c(c1)O[C@H](c1ccc(C)c(C)c1)[C@@H](O)C2C.Cc1cc(C)c2c(c1)O[C@H](c1ccc(C)c(C)c1)[C@H](O)C2C. The maximum absolute atomic E-state index is 10.8. The lowest BCUT2D eigenvalue weighted by Gasteiger charge is -2.36. The summed E-state index contributed by atoms with van der Waals surface area (Å²) in [5.41, 5.74) is 14.1.